The van der Waals surface area contributed by atoms with E-state index >= 15 is 0 Å². The van der Waals surface area contributed by atoms with Crippen LogP contribution < -0.4 is 5.73 Å². The number of carbonyl (C=O) groups is 2. The molecule has 1 aromatic rings. The Labute approximate surface area is 101 Å². The molecule has 0 aliphatic rings. The number of carbonyl (C=O) groups excluding carboxylic acids is 2. The lowest BCUT2D eigenvalue weighted by Gasteiger charge is -2.03. The molecule has 17 heavy (non-hydrogen) atoms. The highest BCUT2D eigenvalue weighted by molar-refractivity contribution is 5.97. The Balaban J connectivity index is 2.77. The van der Waals surface area contributed by atoms with Crippen molar-refractivity contribution in [3.8, 4) is 11.8 Å². The first kappa shape index (κ1) is 13.0. The molecular weight excluding hydrogens is 214 g/mol. The second-order valence-corrected chi connectivity index (χ2v) is 4.04. The predicted octanol–water partition coefficient (Wildman–Crippen LogP) is 1.75. The molecule has 0 aliphatic heterocycles. The molecule has 0 bridgehead atoms. The van der Waals surface area contributed by atoms with Gasteiger partial charge in [0.15, 0.2) is 5.78 Å². The van der Waals surface area contributed by atoms with Crippen LogP contribution in [0, 0.1) is 17.8 Å². The minimum Gasteiger partial charge on any atom is -0.369 e. The van der Waals surface area contributed by atoms with Gasteiger partial charge in [-0.2, -0.15) is 0 Å². The summed E-state index contributed by atoms with van der Waals surface area (Å²) in [5.74, 6) is 5.13. The second kappa shape index (κ2) is 5.86. The number of amides is 1. The Hall–Kier alpha value is -2.08. The first-order chi connectivity index (χ1) is 8.00. The van der Waals surface area contributed by atoms with E-state index in [9.17, 15) is 9.59 Å². The van der Waals surface area contributed by atoms with Gasteiger partial charge in [0.1, 0.15) is 0 Å². The van der Waals surface area contributed by atoms with Crippen molar-refractivity contribution in [2.45, 2.75) is 20.3 Å². The number of rotatable bonds is 3. The monoisotopic (exact) mass is 229 g/mol. The molecular formula is C14H15NO2. The van der Waals surface area contributed by atoms with Crippen molar-refractivity contribution < 1.29 is 9.59 Å². The van der Waals surface area contributed by atoms with Gasteiger partial charge in [-0.15, -0.1) is 0 Å². The zero-order valence-corrected chi connectivity index (χ0v) is 9.99. The Morgan fingerprint density at radius 2 is 1.82 bits per heavy atom. The zero-order chi connectivity index (χ0) is 12.8. The van der Waals surface area contributed by atoms with Crippen molar-refractivity contribution in [1.29, 1.82) is 0 Å². The van der Waals surface area contributed by atoms with Gasteiger partial charge < -0.3 is 5.73 Å². The van der Waals surface area contributed by atoms with Gasteiger partial charge in [-0.05, 0) is 12.1 Å². The summed E-state index contributed by atoms with van der Waals surface area (Å²) < 4.78 is 0. The van der Waals surface area contributed by atoms with E-state index in [0.29, 0.717) is 5.56 Å². The minimum atomic E-state index is -0.441. The SMILES string of the molecule is CC(C)C(=O)c1ccc(C#CCC(N)=O)cc1. The summed E-state index contributed by atoms with van der Waals surface area (Å²) in [6, 6.07) is 7.03. The van der Waals surface area contributed by atoms with Gasteiger partial charge >= 0.3 is 0 Å². The van der Waals surface area contributed by atoms with Gasteiger partial charge in [-0.3, -0.25) is 9.59 Å². The van der Waals surface area contributed by atoms with E-state index in [1.807, 2.05) is 13.8 Å². The first-order valence-electron chi connectivity index (χ1n) is 5.42. The molecule has 0 atom stereocenters. The number of hydrogen-bond acceptors (Lipinski definition) is 2. The summed E-state index contributed by atoms with van der Waals surface area (Å²) in [7, 11) is 0. The largest absolute Gasteiger partial charge is 0.369 e. The van der Waals surface area contributed by atoms with Gasteiger partial charge in [0.25, 0.3) is 0 Å². The second-order valence-electron chi connectivity index (χ2n) is 4.04. The van der Waals surface area contributed by atoms with Crippen LogP contribution in [-0.2, 0) is 4.79 Å². The van der Waals surface area contributed by atoms with E-state index in [0.717, 1.165) is 5.56 Å². The van der Waals surface area contributed by atoms with E-state index in [-0.39, 0.29) is 18.1 Å². The third kappa shape index (κ3) is 4.12. The van der Waals surface area contributed by atoms with Crippen LogP contribution in [0.5, 0.6) is 0 Å². The Kier molecular flexibility index (Phi) is 4.47. The summed E-state index contributed by atoms with van der Waals surface area (Å²) in [4.78, 5) is 22.1. The predicted molar refractivity (Wildman–Crippen MR) is 66.3 cm³/mol. The molecule has 3 nitrogen and oxygen atoms in total. The maximum absolute atomic E-state index is 11.7. The van der Waals surface area contributed by atoms with Crippen LogP contribution in [0.4, 0.5) is 0 Å². The lowest BCUT2D eigenvalue weighted by Crippen LogP contribution is -2.08. The van der Waals surface area contributed by atoms with Crippen LogP contribution in [-0.4, -0.2) is 11.7 Å². The first-order valence-corrected chi connectivity index (χ1v) is 5.42. The van der Waals surface area contributed by atoms with Crippen LogP contribution in [0.2, 0.25) is 0 Å². The van der Waals surface area contributed by atoms with E-state index in [1.165, 1.54) is 0 Å². The molecule has 0 heterocycles. The quantitative estimate of drug-likeness (QED) is 0.634. The number of nitrogens with two attached hydrogens (primary N) is 1. The molecule has 2 N–H and O–H groups in total. The fourth-order valence-electron chi connectivity index (χ4n) is 1.28. The van der Waals surface area contributed by atoms with Gasteiger partial charge in [0.05, 0.1) is 6.42 Å². The van der Waals surface area contributed by atoms with E-state index < -0.39 is 5.91 Å². The van der Waals surface area contributed by atoms with Crippen molar-refractivity contribution in [1.82, 2.24) is 0 Å². The van der Waals surface area contributed by atoms with Crippen LogP contribution in [0.25, 0.3) is 0 Å². The Bertz CT molecular complexity index is 475. The van der Waals surface area contributed by atoms with Crippen molar-refractivity contribution in [2.75, 3.05) is 0 Å². The summed E-state index contributed by atoms with van der Waals surface area (Å²) in [5.41, 5.74) is 6.42. The van der Waals surface area contributed by atoms with E-state index in [2.05, 4.69) is 11.8 Å². The van der Waals surface area contributed by atoms with Gasteiger partial charge in [0, 0.05) is 17.0 Å². The molecule has 1 amide bonds. The minimum absolute atomic E-state index is 0.0122. The molecule has 1 aromatic carbocycles. The number of ketones is 1. The van der Waals surface area contributed by atoms with E-state index in [1.54, 1.807) is 24.3 Å². The highest BCUT2D eigenvalue weighted by atomic mass is 16.1. The van der Waals surface area contributed by atoms with Gasteiger partial charge in [-0.25, -0.2) is 0 Å². The molecule has 1 rings (SSSR count). The average Bonchev–Trinajstić information content (AvgIpc) is 2.28. The molecule has 0 aliphatic carbocycles. The third-order valence-electron chi connectivity index (χ3n) is 2.19. The molecule has 0 fully saturated rings. The lowest BCUT2D eigenvalue weighted by atomic mass is 10.0. The smallest absolute Gasteiger partial charge is 0.229 e. The summed E-state index contributed by atoms with van der Waals surface area (Å²) in [6.45, 7) is 3.73. The lowest BCUT2D eigenvalue weighted by molar-refractivity contribution is -0.117. The topological polar surface area (TPSA) is 60.2 Å². The highest BCUT2D eigenvalue weighted by Crippen LogP contribution is 2.09. The average molecular weight is 229 g/mol. The summed E-state index contributed by atoms with van der Waals surface area (Å²) in [5, 5.41) is 0. The fourth-order valence-corrected chi connectivity index (χ4v) is 1.28. The third-order valence-corrected chi connectivity index (χ3v) is 2.19. The standard InChI is InChI=1S/C14H15NO2/c1-10(2)14(17)12-8-6-11(7-9-12)4-3-5-13(15)16/h6-10H,5H2,1-2H3,(H2,15,16). The summed E-state index contributed by atoms with van der Waals surface area (Å²) >= 11 is 0. The highest BCUT2D eigenvalue weighted by Gasteiger charge is 2.09. The van der Waals surface area contributed by atoms with Crippen LogP contribution in [0.3, 0.4) is 0 Å². The van der Waals surface area contributed by atoms with E-state index in [4.69, 9.17) is 5.73 Å². The molecule has 3 heteroatoms. The van der Waals surface area contributed by atoms with Gasteiger partial charge in [-0.1, -0.05) is 37.8 Å². The molecule has 0 unspecified atom stereocenters. The van der Waals surface area contributed by atoms with Crippen LogP contribution in [0.15, 0.2) is 24.3 Å². The Morgan fingerprint density at radius 3 is 2.29 bits per heavy atom. The normalized spacial score (nSPS) is 9.59. The number of benzene rings is 1. The van der Waals surface area contributed by atoms with Crippen LogP contribution >= 0.6 is 0 Å². The van der Waals surface area contributed by atoms with Crippen molar-refractivity contribution in [3.63, 3.8) is 0 Å². The molecule has 0 radical (unpaired) electrons. The fraction of sp³-hybridized carbons (Fsp3) is 0.286. The van der Waals surface area contributed by atoms with Crippen molar-refractivity contribution >= 4 is 11.7 Å². The van der Waals surface area contributed by atoms with Crippen molar-refractivity contribution in [3.05, 3.63) is 35.4 Å². The van der Waals surface area contributed by atoms with Gasteiger partial charge in [0.2, 0.25) is 5.91 Å². The maximum Gasteiger partial charge on any atom is 0.229 e. The summed E-state index contributed by atoms with van der Waals surface area (Å²) in [6.07, 6.45) is 0.0483. The molecule has 0 spiro atoms. The van der Waals surface area contributed by atoms with Crippen molar-refractivity contribution in [2.24, 2.45) is 11.7 Å². The zero-order valence-electron chi connectivity index (χ0n) is 9.99. The number of hydrogen-bond donors (Lipinski definition) is 1. The maximum atomic E-state index is 11.7. The molecule has 88 valence electrons. The molecule has 0 aromatic heterocycles. The number of primary amides is 1. The Morgan fingerprint density at radius 1 is 1.24 bits per heavy atom. The molecule has 0 saturated heterocycles. The molecule has 0 saturated carbocycles. The number of Topliss-reactive ketones (excluding diaryl/α,β-unsaturated/α-hetero) is 1. The van der Waals surface area contributed by atoms with Crippen LogP contribution in [0.1, 0.15) is 36.2 Å².